The number of ether oxygens (including phenoxy) is 2. The second-order valence-corrected chi connectivity index (χ2v) is 12.4. The van der Waals surface area contributed by atoms with Crippen molar-refractivity contribution >= 4 is 19.5 Å². The summed E-state index contributed by atoms with van der Waals surface area (Å²) >= 11 is 0. The van der Waals surface area contributed by atoms with E-state index in [0.29, 0.717) is 0 Å². The van der Waals surface area contributed by atoms with Crippen LogP contribution >= 0.6 is 0 Å². The molecule has 7 heteroatoms. The van der Waals surface area contributed by atoms with E-state index in [1.165, 1.54) is 25.7 Å². The van der Waals surface area contributed by atoms with Gasteiger partial charge in [0.15, 0.2) is 19.5 Å². The minimum Gasteiger partial charge on any atom is -0.424 e. The number of rotatable bonds is 19. The van der Waals surface area contributed by atoms with Crippen LogP contribution in [0.25, 0.3) is 0 Å². The van der Waals surface area contributed by atoms with Crippen molar-refractivity contribution in [2.75, 3.05) is 34.0 Å². The first-order valence-corrected chi connectivity index (χ1v) is 14.5. The summed E-state index contributed by atoms with van der Waals surface area (Å²) in [5.74, 6) is 0. The Bertz CT molecular complexity index is 363. The lowest BCUT2D eigenvalue weighted by atomic mass is 9.93. The van der Waals surface area contributed by atoms with E-state index in [9.17, 15) is 0 Å². The van der Waals surface area contributed by atoms with E-state index in [1.807, 2.05) is 14.2 Å². The number of hydrogen-bond donors (Lipinski definition) is 0. The predicted octanol–water partition coefficient (Wildman–Crippen LogP) is 3.39. The highest BCUT2D eigenvalue weighted by atomic mass is 28.2. The largest absolute Gasteiger partial charge is 0.424 e. The van der Waals surface area contributed by atoms with Gasteiger partial charge in [0.2, 0.25) is 0 Å². The second-order valence-electron chi connectivity index (χ2n) is 9.10. The van der Waals surface area contributed by atoms with Crippen LogP contribution < -0.4 is 0 Å². The van der Waals surface area contributed by atoms with Crippen LogP contribution in [0.2, 0.25) is 0 Å². The van der Waals surface area contributed by atoms with Gasteiger partial charge in [-0.1, -0.05) is 46.5 Å². The van der Waals surface area contributed by atoms with Crippen molar-refractivity contribution in [1.29, 1.82) is 0 Å². The van der Waals surface area contributed by atoms with Crippen LogP contribution in [0.1, 0.15) is 87.0 Å². The van der Waals surface area contributed by atoms with E-state index in [2.05, 4.69) is 53.4 Å². The van der Waals surface area contributed by atoms with Gasteiger partial charge in [0.25, 0.3) is 0 Å². The number of unbranched alkanes of at least 4 members (excludes halogenated alkanes) is 4. The molecule has 0 aliphatic rings. The zero-order valence-electron chi connectivity index (χ0n) is 21.0. The van der Waals surface area contributed by atoms with Gasteiger partial charge in [0.05, 0.1) is 11.5 Å². The van der Waals surface area contributed by atoms with Gasteiger partial charge in [0.1, 0.15) is 0 Å². The van der Waals surface area contributed by atoms with E-state index in [4.69, 9.17) is 18.3 Å². The fourth-order valence-electron chi connectivity index (χ4n) is 4.28. The Labute approximate surface area is 186 Å². The average molecular weight is 450 g/mol. The van der Waals surface area contributed by atoms with E-state index in [0.717, 1.165) is 32.6 Å². The molecule has 0 amide bonds. The van der Waals surface area contributed by atoms with Crippen LogP contribution in [0.15, 0.2) is 0 Å². The highest BCUT2D eigenvalue weighted by Gasteiger charge is 2.46. The summed E-state index contributed by atoms with van der Waals surface area (Å²) in [6.45, 7) is 18.6. The van der Waals surface area contributed by atoms with Crippen molar-refractivity contribution in [2.24, 2.45) is 0 Å². The van der Waals surface area contributed by atoms with Crippen molar-refractivity contribution in [3.8, 4) is 0 Å². The number of hydrogen-bond acceptors (Lipinski definition) is 5. The first kappa shape index (κ1) is 29.2. The van der Waals surface area contributed by atoms with E-state index in [1.54, 1.807) is 0 Å². The normalized spacial score (nSPS) is 15.9. The van der Waals surface area contributed by atoms with Gasteiger partial charge in [-0.3, -0.25) is 4.90 Å². The maximum atomic E-state index is 6.41. The smallest absolute Gasteiger partial charge is 0.192 e. The molecule has 0 spiro atoms. The van der Waals surface area contributed by atoms with Crippen molar-refractivity contribution in [3.63, 3.8) is 0 Å². The SMILES string of the molecule is CCCCCOC([SiH2]OC)C(C)(C)N(CC)C(C)(C)C(OCCCCC)[SiH2]OC. The van der Waals surface area contributed by atoms with Gasteiger partial charge in [-0.15, -0.1) is 0 Å². The monoisotopic (exact) mass is 449 g/mol. The Morgan fingerprint density at radius 1 is 0.690 bits per heavy atom. The van der Waals surface area contributed by atoms with Crippen molar-refractivity contribution in [3.05, 3.63) is 0 Å². The van der Waals surface area contributed by atoms with Crippen LogP contribution in [-0.4, -0.2) is 80.9 Å². The fourth-order valence-corrected chi connectivity index (χ4v) is 6.66. The Morgan fingerprint density at radius 3 is 1.34 bits per heavy atom. The molecule has 5 nitrogen and oxygen atoms in total. The van der Waals surface area contributed by atoms with Crippen molar-refractivity contribution in [1.82, 2.24) is 4.90 Å². The van der Waals surface area contributed by atoms with Crippen LogP contribution in [0.4, 0.5) is 0 Å². The maximum Gasteiger partial charge on any atom is 0.192 e. The number of nitrogens with zero attached hydrogens (tertiary/aromatic N) is 1. The highest BCUT2D eigenvalue weighted by molar-refractivity contribution is 6.30. The van der Waals surface area contributed by atoms with Gasteiger partial charge in [-0.05, 0) is 47.1 Å². The summed E-state index contributed by atoms with van der Waals surface area (Å²) < 4.78 is 24.2. The molecular formula is C22H51NO4Si2. The maximum absolute atomic E-state index is 6.41. The molecule has 0 radical (unpaired) electrons. The standard InChI is InChI=1S/C22H51NO4Si2/c1-10-13-15-17-26-19(28-24-8)21(4,5)23(12-3)22(6,7)20(29-25-9)27-18-16-14-11-2/h19-20H,10-18,28-29H2,1-9H3. The zero-order chi connectivity index (χ0) is 22.3. The Kier molecular flexibility index (Phi) is 16.1. The van der Waals surface area contributed by atoms with Crippen LogP contribution in [-0.2, 0) is 18.3 Å². The molecule has 0 aliphatic heterocycles. The summed E-state index contributed by atoms with van der Waals surface area (Å²) in [6.07, 6.45) is 7.11. The third-order valence-corrected chi connectivity index (χ3v) is 9.80. The minimum absolute atomic E-state index is 0.125. The van der Waals surface area contributed by atoms with Gasteiger partial charge < -0.3 is 18.3 Å². The fraction of sp³-hybridized carbons (Fsp3) is 1.00. The Hall–Kier alpha value is 0.234. The molecule has 2 unspecified atom stereocenters. The summed E-state index contributed by atoms with van der Waals surface area (Å²) in [4.78, 5) is 2.58. The van der Waals surface area contributed by atoms with Gasteiger partial charge in [-0.25, -0.2) is 0 Å². The summed E-state index contributed by atoms with van der Waals surface area (Å²) in [5.41, 5.74) is 0.0433. The van der Waals surface area contributed by atoms with Crippen molar-refractivity contribution in [2.45, 2.75) is 110 Å². The summed E-state index contributed by atoms with van der Waals surface area (Å²) in [5, 5.41) is 0. The molecule has 0 bridgehead atoms. The zero-order valence-corrected chi connectivity index (χ0v) is 23.8. The predicted molar refractivity (Wildman–Crippen MR) is 130 cm³/mol. The topological polar surface area (TPSA) is 40.2 Å². The lowest BCUT2D eigenvalue weighted by molar-refractivity contribution is -0.0998. The molecule has 0 fully saturated rings. The highest BCUT2D eigenvalue weighted by Crippen LogP contribution is 2.32. The molecular weight excluding hydrogens is 398 g/mol. The van der Waals surface area contributed by atoms with Crippen LogP contribution in [0.3, 0.4) is 0 Å². The van der Waals surface area contributed by atoms with E-state index >= 15 is 0 Å². The second kappa shape index (κ2) is 15.9. The Morgan fingerprint density at radius 2 is 1.07 bits per heavy atom. The summed E-state index contributed by atoms with van der Waals surface area (Å²) in [7, 11) is 2.05. The summed E-state index contributed by atoms with van der Waals surface area (Å²) in [6, 6.07) is 0. The number of likely N-dealkylation sites (N-methyl/N-ethyl adjacent to an activating group) is 1. The van der Waals surface area contributed by atoms with Crippen molar-refractivity contribution < 1.29 is 18.3 Å². The average Bonchev–Trinajstić information content (AvgIpc) is 2.66. The Balaban J connectivity index is 5.42. The lowest BCUT2D eigenvalue weighted by Crippen LogP contribution is -2.67. The molecule has 0 N–H and O–H groups in total. The quantitative estimate of drug-likeness (QED) is 0.223. The molecule has 0 aromatic heterocycles. The van der Waals surface area contributed by atoms with Gasteiger partial charge >= 0.3 is 0 Å². The molecule has 0 saturated heterocycles. The molecule has 0 heterocycles. The van der Waals surface area contributed by atoms with E-state index in [-0.39, 0.29) is 22.5 Å². The van der Waals surface area contributed by atoms with Gasteiger partial charge in [0, 0.05) is 38.5 Å². The molecule has 0 aromatic rings. The molecule has 0 saturated carbocycles. The molecule has 2 atom stereocenters. The minimum atomic E-state index is -0.796. The third-order valence-electron chi connectivity index (χ3n) is 6.05. The first-order valence-electron chi connectivity index (χ1n) is 11.7. The molecule has 0 aliphatic carbocycles. The lowest BCUT2D eigenvalue weighted by Gasteiger charge is -2.53. The molecule has 176 valence electrons. The molecule has 0 aromatic carbocycles. The first-order chi connectivity index (χ1) is 13.7. The van der Waals surface area contributed by atoms with E-state index < -0.39 is 19.5 Å². The van der Waals surface area contributed by atoms with Gasteiger partial charge in [-0.2, -0.15) is 0 Å². The molecule has 29 heavy (non-hydrogen) atoms. The molecule has 0 rings (SSSR count). The van der Waals surface area contributed by atoms with Crippen LogP contribution in [0.5, 0.6) is 0 Å². The third kappa shape index (κ3) is 9.93. The van der Waals surface area contributed by atoms with Crippen LogP contribution in [0, 0.1) is 0 Å².